The van der Waals surface area contributed by atoms with Crippen LogP contribution in [0.4, 0.5) is 0 Å². The monoisotopic (exact) mass is 364 g/mol. The highest BCUT2D eigenvalue weighted by molar-refractivity contribution is 5.87. The highest BCUT2D eigenvalue weighted by atomic mass is 16.7. The fourth-order valence-corrected chi connectivity index (χ4v) is 3.51. The third kappa shape index (κ3) is 2.88. The van der Waals surface area contributed by atoms with Crippen molar-refractivity contribution in [1.82, 2.24) is 19.9 Å². The van der Waals surface area contributed by atoms with Crippen LogP contribution in [0.25, 0.3) is 22.4 Å². The van der Waals surface area contributed by atoms with Crippen LogP contribution in [0.3, 0.4) is 0 Å². The maximum Gasteiger partial charge on any atom is 0.231 e. The Kier molecular flexibility index (Phi) is 3.89. The average Bonchev–Trinajstić information content (AvgIpc) is 3.17. The molecule has 0 N–H and O–H groups in total. The van der Waals surface area contributed by atoms with Crippen LogP contribution in [0.1, 0.15) is 36.0 Å². The van der Waals surface area contributed by atoms with E-state index in [4.69, 9.17) is 29.2 Å². The molecule has 2 aliphatic rings. The Morgan fingerprint density at radius 2 is 1.67 bits per heavy atom. The van der Waals surface area contributed by atoms with Crippen LogP contribution in [0.5, 0.6) is 11.5 Å². The molecular formula is C20H20N4O3. The van der Waals surface area contributed by atoms with Crippen LogP contribution >= 0.6 is 0 Å². The molecule has 0 unspecified atom stereocenters. The van der Waals surface area contributed by atoms with E-state index in [1.54, 1.807) is 0 Å². The molecule has 3 aromatic rings. The number of nitrogens with zero attached hydrogens (tertiary/aromatic N) is 4. The summed E-state index contributed by atoms with van der Waals surface area (Å²) in [5.74, 6) is 2.57. The van der Waals surface area contributed by atoms with Gasteiger partial charge in [0, 0.05) is 24.7 Å². The predicted molar refractivity (Wildman–Crippen MR) is 99.0 cm³/mol. The van der Waals surface area contributed by atoms with Crippen molar-refractivity contribution < 1.29 is 14.2 Å². The molecule has 138 valence electrons. The molecule has 2 aliphatic heterocycles. The molecular weight excluding hydrogens is 344 g/mol. The lowest BCUT2D eigenvalue weighted by Crippen LogP contribution is -2.17. The second kappa shape index (κ2) is 6.42. The number of ether oxygens (including phenoxy) is 3. The summed E-state index contributed by atoms with van der Waals surface area (Å²) >= 11 is 0. The van der Waals surface area contributed by atoms with E-state index >= 15 is 0 Å². The van der Waals surface area contributed by atoms with Crippen LogP contribution in [0, 0.1) is 13.8 Å². The maximum atomic E-state index is 5.54. The van der Waals surface area contributed by atoms with Gasteiger partial charge in [-0.15, -0.1) is 0 Å². The molecule has 1 saturated heterocycles. The van der Waals surface area contributed by atoms with Crippen molar-refractivity contribution >= 4 is 11.2 Å². The lowest BCUT2D eigenvalue weighted by Gasteiger charge is -2.21. The van der Waals surface area contributed by atoms with E-state index < -0.39 is 0 Å². The molecule has 0 radical (unpaired) electrons. The normalized spacial score (nSPS) is 16.8. The lowest BCUT2D eigenvalue weighted by molar-refractivity contribution is 0.0836. The van der Waals surface area contributed by atoms with E-state index in [-0.39, 0.29) is 12.7 Å². The maximum absolute atomic E-state index is 5.54. The molecule has 27 heavy (non-hydrogen) atoms. The minimum absolute atomic E-state index is 0.245. The van der Waals surface area contributed by atoms with E-state index in [1.807, 2.05) is 32.0 Å². The van der Waals surface area contributed by atoms with Crippen molar-refractivity contribution in [1.29, 1.82) is 0 Å². The van der Waals surface area contributed by atoms with E-state index in [1.165, 1.54) is 0 Å². The van der Waals surface area contributed by atoms with Crippen LogP contribution in [-0.2, 0) is 4.74 Å². The first kappa shape index (κ1) is 16.4. The molecule has 5 rings (SSSR count). The van der Waals surface area contributed by atoms with Gasteiger partial charge >= 0.3 is 0 Å². The molecule has 0 spiro atoms. The minimum Gasteiger partial charge on any atom is -0.454 e. The zero-order valence-electron chi connectivity index (χ0n) is 15.4. The van der Waals surface area contributed by atoms with Crippen molar-refractivity contribution in [3.8, 4) is 22.8 Å². The molecule has 7 nitrogen and oxygen atoms in total. The zero-order valence-corrected chi connectivity index (χ0v) is 15.4. The molecule has 0 saturated carbocycles. The first-order valence-electron chi connectivity index (χ1n) is 9.20. The second-order valence-electron chi connectivity index (χ2n) is 6.95. The van der Waals surface area contributed by atoms with Gasteiger partial charge in [-0.05, 0) is 44.9 Å². The van der Waals surface area contributed by atoms with Gasteiger partial charge < -0.3 is 14.2 Å². The molecule has 0 aliphatic carbocycles. The number of fused-ring (bicyclic) bond motifs is 2. The topological polar surface area (TPSA) is 79.3 Å². The van der Waals surface area contributed by atoms with Gasteiger partial charge in [-0.25, -0.2) is 19.9 Å². The zero-order chi connectivity index (χ0) is 18.4. The standard InChI is InChI=1S/C20H20N4O3/c1-11-12(2)22-20-18(21-11)17(14-3-4-15-16(9-14)27-10-26-15)23-19(24-20)13-5-7-25-8-6-13/h3-4,9,13H,5-8,10H2,1-2H3. The van der Waals surface area contributed by atoms with Crippen molar-refractivity contribution in [2.45, 2.75) is 32.6 Å². The van der Waals surface area contributed by atoms with Gasteiger partial charge in [0.05, 0.1) is 11.4 Å². The lowest BCUT2D eigenvalue weighted by atomic mass is 9.99. The van der Waals surface area contributed by atoms with E-state index in [2.05, 4.69) is 4.98 Å². The Bertz CT molecular complexity index is 1030. The summed E-state index contributed by atoms with van der Waals surface area (Å²) in [5, 5.41) is 0. The Balaban J connectivity index is 1.71. The first-order chi connectivity index (χ1) is 13.2. The summed E-state index contributed by atoms with van der Waals surface area (Å²) in [5.41, 5.74) is 4.84. The van der Waals surface area contributed by atoms with E-state index in [9.17, 15) is 0 Å². The number of rotatable bonds is 2. The molecule has 4 heterocycles. The van der Waals surface area contributed by atoms with Crippen LogP contribution in [-0.4, -0.2) is 39.9 Å². The molecule has 1 aromatic carbocycles. The minimum atomic E-state index is 0.245. The SMILES string of the molecule is Cc1nc2nc(C3CCOCC3)nc(-c3ccc4c(c3)OCO4)c2nc1C. The van der Waals surface area contributed by atoms with Crippen LogP contribution in [0.15, 0.2) is 18.2 Å². The molecule has 2 aromatic heterocycles. The van der Waals surface area contributed by atoms with Gasteiger partial charge in [0.2, 0.25) is 6.79 Å². The summed E-state index contributed by atoms with van der Waals surface area (Å²) < 4.78 is 16.5. The van der Waals surface area contributed by atoms with Crippen molar-refractivity contribution in [2.75, 3.05) is 20.0 Å². The molecule has 7 heteroatoms. The number of hydrogen-bond donors (Lipinski definition) is 0. The van der Waals surface area contributed by atoms with Crippen LogP contribution in [0.2, 0.25) is 0 Å². The number of aryl methyl sites for hydroxylation is 2. The summed E-state index contributed by atoms with van der Waals surface area (Å²) in [6.07, 6.45) is 1.84. The van der Waals surface area contributed by atoms with Crippen molar-refractivity contribution in [3.05, 3.63) is 35.4 Å². The van der Waals surface area contributed by atoms with Gasteiger partial charge in [0.1, 0.15) is 17.0 Å². The van der Waals surface area contributed by atoms with Gasteiger partial charge in [0.25, 0.3) is 0 Å². The Hall–Kier alpha value is -2.80. The number of hydrogen-bond acceptors (Lipinski definition) is 7. The highest BCUT2D eigenvalue weighted by Gasteiger charge is 2.23. The number of aromatic nitrogens is 4. The first-order valence-corrected chi connectivity index (χ1v) is 9.20. The summed E-state index contributed by atoms with van der Waals surface area (Å²) in [4.78, 5) is 19.1. The molecule has 0 atom stereocenters. The number of benzene rings is 1. The van der Waals surface area contributed by atoms with Crippen molar-refractivity contribution in [3.63, 3.8) is 0 Å². The third-order valence-corrected chi connectivity index (χ3v) is 5.19. The quantitative estimate of drug-likeness (QED) is 0.690. The summed E-state index contributed by atoms with van der Waals surface area (Å²) in [6.45, 7) is 5.64. The van der Waals surface area contributed by atoms with E-state index in [0.29, 0.717) is 11.2 Å². The summed E-state index contributed by atoms with van der Waals surface area (Å²) in [7, 11) is 0. The Morgan fingerprint density at radius 1 is 0.889 bits per heavy atom. The second-order valence-corrected chi connectivity index (χ2v) is 6.95. The molecule has 0 bridgehead atoms. The third-order valence-electron chi connectivity index (χ3n) is 5.19. The fraction of sp³-hybridized carbons (Fsp3) is 0.400. The van der Waals surface area contributed by atoms with E-state index in [0.717, 1.165) is 66.0 Å². The van der Waals surface area contributed by atoms with Crippen molar-refractivity contribution in [2.24, 2.45) is 0 Å². The molecule has 1 fully saturated rings. The molecule has 0 amide bonds. The van der Waals surface area contributed by atoms with Gasteiger partial charge in [-0.3, -0.25) is 0 Å². The largest absolute Gasteiger partial charge is 0.454 e. The summed E-state index contributed by atoms with van der Waals surface area (Å²) in [6, 6.07) is 5.85. The predicted octanol–water partition coefficient (Wildman–Crippen LogP) is 3.33. The highest BCUT2D eigenvalue weighted by Crippen LogP contribution is 2.37. The van der Waals surface area contributed by atoms with Gasteiger partial charge in [-0.2, -0.15) is 0 Å². The smallest absolute Gasteiger partial charge is 0.231 e. The Labute approximate surface area is 156 Å². The average molecular weight is 364 g/mol. The Morgan fingerprint density at radius 3 is 2.52 bits per heavy atom. The van der Waals surface area contributed by atoms with Crippen LogP contribution < -0.4 is 9.47 Å². The fourth-order valence-electron chi connectivity index (χ4n) is 3.51. The van der Waals surface area contributed by atoms with Gasteiger partial charge in [-0.1, -0.05) is 0 Å². The van der Waals surface area contributed by atoms with Gasteiger partial charge in [0.15, 0.2) is 17.1 Å².